The van der Waals surface area contributed by atoms with Gasteiger partial charge < -0.3 is 30.6 Å². The fourth-order valence-corrected chi connectivity index (χ4v) is 6.80. The Hall–Kier alpha value is -4.14. The van der Waals surface area contributed by atoms with Gasteiger partial charge in [-0.25, -0.2) is 4.52 Å². The number of carboxylic acid groups (broad SMARTS) is 6. The maximum Gasteiger partial charge on any atom is 0.321 e. The topological polar surface area (TPSA) is 273 Å². The van der Waals surface area contributed by atoms with Gasteiger partial charge in [0.05, 0.1) is 37.6 Å². The van der Waals surface area contributed by atoms with E-state index in [1.54, 1.807) is 0 Å². The van der Waals surface area contributed by atoms with Gasteiger partial charge in [-0.3, -0.25) is 48.2 Å². The predicted molar refractivity (Wildman–Crippen MR) is 153 cm³/mol. The minimum atomic E-state index is -1.51. The van der Waals surface area contributed by atoms with E-state index in [1.807, 2.05) is 0 Å². The standard InChI is InChI=1S/C24H30N4O14S2/c1-11-13(7-43-9-15(23(39)40)25(3-17(29)30)4-18(31)32)27-14(12(2)22(38)28(27)21(11)37)8-44-10-16(24(41)42)26(5-19(33)34)6-20(35)36/h15-16H,3-10H2,1-2H3,(H,29,30)(H,31,32)(H,33,34)(H,35,36)(H,39,40)(H,41,42)/t15-,16-/m0/s1. The molecule has 242 valence electrons. The summed E-state index contributed by atoms with van der Waals surface area (Å²) in [5.41, 5.74) is -0.426. The van der Waals surface area contributed by atoms with E-state index in [0.29, 0.717) is 11.4 Å². The van der Waals surface area contributed by atoms with Gasteiger partial charge in [-0.15, -0.1) is 0 Å². The average Bonchev–Trinajstić information content (AvgIpc) is 3.27. The summed E-state index contributed by atoms with van der Waals surface area (Å²) in [7, 11) is 0. The highest BCUT2D eigenvalue weighted by Crippen LogP contribution is 2.23. The van der Waals surface area contributed by atoms with Crippen LogP contribution in [0.25, 0.3) is 0 Å². The van der Waals surface area contributed by atoms with Crippen LogP contribution in [0.3, 0.4) is 0 Å². The molecule has 0 aliphatic carbocycles. The first kappa shape index (κ1) is 36.1. The van der Waals surface area contributed by atoms with Crippen LogP contribution in [0.15, 0.2) is 9.59 Å². The molecule has 2 atom stereocenters. The average molecular weight is 663 g/mol. The second-order valence-electron chi connectivity index (χ2n) is 9.50. The lowest BCUT2D eigenvalue weighted by atomic mass is 10.2. The maximum atomic E-state index is 13.0. The monoisotopic (exact) mass is 662 g/mol. The highest BCUT2D eigenvalue weighted by Gasteiger charge is 2.31. The summed E-state index contributed by atoms with van der Waals surface area (Å²) in [6.45, 7) is -0.526. The molecule has 2 heterocycles. The molecule has 44 heavy (non-hydrogen) atoms. The Morgan fingerprint density at radius 2 is 0.886 bits per heavy atom. The van der Waals surface area contributed by atoms with Crippen LogP contribution in [0.2, 0.25) is 0 Å². The largest absolute Gasteiger partial charge is 0.480 e. The Labute approximate surface area is 255 Å². The molecule has 0 aliphatic heterocycles. The Kier molecular flexibility index (Phi) is 12.7. The van der Waals surface area contributed by atoms with Crippen LogP contribution in [0.4, 0.5) is 0 Å². The van der Waals surface area contributed by atoms with Gasteiger partial charge in [0.25, 0.3) is 11.1 Å². The van der Waals surface area contributed by atoms with Crippen LogP contribution in [0.5, 0.6) is 0 Å². The molecule has 0 amide bonds. The molecule has 20 heteroatoms. The van der Waals surface area contributed by atoms with Crippen LogP contribution in [0, 0.1) is 13.8 Å². The molecule has 0 saturated carbocycles. The summed E-state index contributed by atoms with van der Waals surface area (Å²) in [6.07, 6.45) is 0. The van der Waals surface area contributed by atoms with Gasteiger partial charge in [0.1, 0.15) is 12.1 Å². The van der Waals surface area contributed by atoms with Crippen molar-refractivity contribution in [2.45, 2.75) is 37.4 Å². The Balaban J connectivity index is 2.36. The van der Waals surface area contributed by atoms with E-state index in [-0.39, 0.29) is 34.1 Å². The number of carbonyl (C=O) groups is 6. The third-order valence-corrected chi connectivity index (χ3v) is 8.50. The van der Waals surface area contributed by atoms with Crippen molar-refractivity contribution in [3.8, 4) is 0 Å². The maximum absolute atomic E-state index is 13.0. The summed E-state index contributed by atoms with van der Waals surface area (Å²) in [5, 5.41) is 55.7. The SMILES string of the molecule is Cc1c(CSC[C@@H](C(=O)O)N(CC(=O)O)CC(=O)O)n2c(CSC[C@@H](C(=O)O)N(CC(=O)O)CC(=O)O)c(C)c(=O)n2c1=O. The minimum absolute atomic E-state index is 0.0523. The summed E-state index contributed by atoms with van der Waals surface area (Å²) < 4.78 is 2.18. The number of aliphatic carboxylic acids is 6. The molecule has 0 unspecified atom stereocenters. The van der Waals surface area contributed by atoms with Gasteiger partial charge in [-0.05, 0) is 13.8 Å². The molecule has 0 fully saturated rings. The lowest BCUT2D eigenvalue weighted by molar-refractivity contribution is -0.151. The van der Waals surface area contributed by atoms with Gasteiger partial charge in [0.15, 0.2) is 0 Å². The molecule has 2 rings (SSSR count). The van der Waals surface area contributed by atoms with Crippen molar-refractivity contribution in [1.82, 2.24) is 18.8 Å². The van der Waals surface area contributed by atoms with Crippen molar-refractivity contribution in [3.63, 3.8) is 0 Å². The van der Waals surface area contributed by atoms with Crippen LogP contribution >= 0.6 is 23.5 Å². The molecule has 0 radical (unpaired) electrons. The molecule has 18 nitrogen and oxygen atoms in total. The molecule has 2 aromatic rings. The van der Waals surface area contributed by atoms with Crippen molar-refractivity contribution >= 4 is 59.3 Å². The highest BCUT2D eigenvalue weighted by atomic mass is 32.2. The first-order valence-electron chi connectivity index (χ1n) is 12.5. The van der Waals surface area contributed by atoms with Gasteiger partial charge in [0, 0.05) is 34.1 Å². The van der Waals surface area contributed by atoms with Gasteiger partial charge in [-0.1, -0.05) is 0 Å². The summed E-state index contributed by atoms with van der Waals surface area (Å²) in [6, 6.07) is -3.03. The van der Waals surface area contributed by atoms with E-state index in [9.17, 15) is 48.6 Å². The summed E-state index contributed by atoms with van der Waals surface area (Å²) in [4.78, 5) is 95.9. The van der Waals surface area contributed by atoms with Gasteiger partial charge in [0.2, 0.25) is 0 Å². The number of aromatic nitrogens is 2. The molecule has 0 aromatic carbocycles. The molecule has 0 spiro atoms. The van der Waals surface area contributed by atoms with Crippen molar-refractivity contribution in [3.05, 3.63) is 43.2 Å². The normalized spacial score (nSPS) is 12.9. The number of hydrogen-bond donors (Lipinski definition) is 6. The van der Waals surface area contributed by atoms with E-state index < -0.39 is 85.2 Å². The number of thioether (sulfide) groups is 2. The van der Waals surface area contributed by atoms with Crippen LogP contribution in [0.1, 0.15) is 22.5 Å². The summed E-state index contributed by atoms with van der Waals surface area (Å²) in [5.74, 6) is -9.33. The highest BCUT2D eigenvalue weighted by molar-refractivity contribution is 7.98. The van der Waals surface area contributed by atoms with E-state index in [0.717, 1.165) is 37.8 Å². The fraction of sp³-hybridized carbons (Fsp3) is 0.500. The minimum Gasteiger partial charge on any atom is -0.480 e. The van der Waals surface area contributed by atoms with E-state index in [1.165, 1.54) is 18.4 Å². The molecule has 0 saturated heterocycles. The van der Waals surface area contributed by atoms with Crippen molar-refractivity contribution in [1.29, 1.82) is 0 Å². The van der Waals surface area contributed by atoms with E-state index in [2.05, 4.69) is 0 Å². The van der Waals surface area contributed by atoms with Gasteiger partial charge in [-0.2, -0.15) is 28.0 Å². The Bertz CT molecular complexity index is 1410. The molecular formula is C24H30N4O14S2. The smallest absolute Gasteiger partial charge is 0.321 e. The Morgan fingerprint density at radius 3 is 1.14 bits per heavy atom. The lowest BCUT2D eigenvalue weighted by Crippen LogP contribution is -2.48. The molecule has 6 N–H and O–H groups in total. The quantitative estimate of drug-likeness (QED) is 0.0906. The second-order valence-corrected chi connectivity index (χ2v) is 11.6. The first-order chi connectivity index (χ1) is 20.5. The van der Waals surface area contributed by atoms with E-state index >= 15 is 0 Å². The van der Waals surface area contributed by atoms with Crippen molar-refractivity contribution < 1.29 is 59.4 Å². The third kappa shape index (κ3) is 8.94. The molecule has 0 bridgehead atoms. The zero-order chi connectivity index (χ0) is 33.5. The van der Waals surface area contributed by atoms with Crippen LogP contribution in [-0.4, -0.2) is 135 Å². The fourth-order valence-electron chi connectivity index (χ4n) is 4.35. The van der Waals surface area contributed by atoms with Crippen LogP contribution < -0.4 is 11.1 Å². The summed E-state index contributed by atoms with van der Waals surface area (Å²) >= 11 is 1.91. The number of nitrogens with zero attached hydrogens (tertiary/aromatic N) is 4. The third-order valence-electron chi connectivity index (χ3n) is 6.44. The van der Waals surface area contributed by atoms with E-state index in [4.69, 9.17) is 20.4 Å². The second kappa shape index (κ2) is 15.5. The number of carboxylic acids is 6. The molecule has 2 aromatic heterocycles. The van der Waals surface area contributed by atoms with Crippen molar-refractivity contribution in [2.24, 2.45) is 0 Å². The Morgan fingerprint density at radius 1 is 0.591 bits per heavy atom. The number of hydrogen-bond acceptors (Lipinski definition) is 12. The zero-order valence-electron chi connectivity index (χ0n) is 23.4. The van der Waals surface area contributed by atoms with Crippen molar-refractivity contribution in [2.75, 3.05) is 37.7 Å². The predicted octanol–water partition coefficient (Wildman–Crippen LogP) is -1.87. The number of fused-ring (bicyclic) bond motifs is 1. The first-order valence-corrected chi connectivity index (χ1v) is 14.8. The number of rotatable bonds is 20. The van der Waals surface area contributed by atoms with Crippen LogP contribution in [-0.2, 0) is 40.3 Å². The molecule has 0 aliphatic rings. The molecular weight excluding hydrogens is 632 g/mol. The van der Waals surface area contributed by atoms with Gasteiger partial charge >= 0.3 is 35.8 Å². The zero-order valence-corrected chi connectivity index (χ0v) is 25.0. The lowest BCUT2D eigenvalue weighted by Gasteiger charge is -2.25.